The molecule has 0 aliphatic heterocycles. The van der Waals surface area contributed by atoms with Gasteiger partial charge in [-0.1, -0.05) is 53.5 Å². The largest absolute Gasteiger partial charge is 0.330 e. The first-order valence-electron chi connectivity index (χ1n) is 5.46. The van der Waals surface area contributed by atoms with Gasteiger partial charge in [0.1, 0.15) is 0 Å². The first-order chi connectivity index (χ1) is 8.22. The van der Waals surface area contributed by atoms with Crippen LogP contribution in [-0.2, 0) is 6.42 Å². The van der Waals surface area contributed by atoms with Gasteiger partial charge in [0, 0.05) is 15.6 Å². The molecule has 2 aromatic rings. The topological polar surface area (TPSA) is 26.0 Å². The highest BCUT2D eigenvalue weighted by Crippen LogP contribution is 2.34. The summed E-state index contributed by atoms with van der Waals surface area (Å²) in [6.45, 7) is 0.639. The van der Waals surface area contributed by atoms with E-state index in [2.05, 4.69) is 12.1 Å². The normalized spacial score (nSPS) is 10.5. The lowest BCUT2D eigenvalue weighted by Gasteiger charge is -2.08. The first-order valence-corrected chi connectivity index (χ1v) is 6.21. The van der Waals surface area contributed by atoms with Gasteiger partial charge in [-0.2, -0.15) is 0 Å². The van der Waals surface area contributed by atoms with Crippen molar-refractivity contribution in [3.8, 4) is 11.1 Å². The van der Waals surface area contributed by atoms with Gasteiger partial charge in [0.05, 0.1) is 0 Å². The molecule has 0 atom stereocenters. The maximum absolute atomic E-state index is 6.18. The molecule has 0 aromatic heterocycles. The molecule has 0 fully saturated rings. The second-order valence-electron chi connectivity index (χ2n) is 3.84. The van der Waals surface area contributed by atoms with Gasteiger partial charge in [0.2, 0.25) is 0 Å². The van der Waals surface area contributed by atoms with Crippen molar-refractivity contribution in [2.45, 2.75) is 6.42 Å². The summed E-state index contributed by atoms with van der Waals surface area (Å²) >= 11 is 12.4. The number of nitrogens with two attached hydrogens (primary N) is 1. The van der Waals surface area contributed by atoms with Crippen LogP contribution in [0, 0.1) is 0 Å². The lowest BCUT2D eigenvalue weighted by Crippen LogP contribution is -2.02. The number of hydrogen-bond donors (Lipinski definition) is 1. The zero-order chi connectivity index (χ0) is 12.3. The Bertz CT molecular complexity index is 503. The summed E-state index contributed by atoms with van der Waals surface area (Å²) in [5, 5.41) is 1.34. The van der Waals surface area contributed by atoms with Crippen LogP contribution in [0.3, 0.4) is 0 Å². The van der Waals surface area contributed by atoms with Crippen LogP contribution in [0.2, 0.25) is 10.0 Å². The van der Waals surface area contributed by atoms with Crippen molar-refractivity contribution >= 4 is 23.2 Å². The summed E-state index contributed by atoms with van der Waals surface area (Å²) in [6, 6.07) is 13.7. The molecule has 1 nitrogen and oxygen atoms in total. The van der Waals surface area contributed by atoms with E-state index in [4.69, 9.17) is 28.9 Å². The SMILES string of the molecule is NCCc1cccc(-c2c(Cl)cccc2Cl)c1. The Morgan fingerprint density at radius 2 is 1.59 bits per heavy atom. The molecule has 0 aliphatic rings. The second-order valence-corrected chi connectivity index (χ2v) is 4.65. The molecule has 3 heteroatoms. The maximum atomic E-state index is 6.18. The molecule has 2 aromatic carbocycles. The summed E-state index contributed by atoms with van der Waals surface area (Å²) in [5.74, 6) is 0. The Morgan fingerprint density at radius 1 is 0.941 bits per heavy atom. The minimum absolute atomic E-state index is 0.639. The predicted octanol–water partition coefficient (Wildman–Crippen LogP) is 4.16. The molecule has 0 heterocycles. The molecule has 2 N–H and O–H groups in total. The molecule has 0 radical (unpaired) electrons. The van der Waals surface area contributed by atoms with E-state index < -0.39 is 0 Å². The van der Waals surface area contributed by atoms with E-state index in [-0.39, 0.29) is 0 Å². The Labute approximate surface area is 111 Å². The molecule has 17 heavy (non-hydrogen) atoms. The highest BCUT2D eigenvalue weighted by Gasteiger charge is 2.08. The number of halogens is 2. The van der Waals surface area contributed by atoms with E-state index in [0.717, 1.165) is 17.5 Å². The first kappa shape index (κ1) is 12.4. The molecule has 0 spiro atoms. The number of rotatable bonds is 3. The molecule has 0 unspecified atom stereocenters. The highest BCUT2D eigenvalue weighted by molar-refractivity contribution is 6.39. The molecule has 0 amide bonds. The van der Waals surface area contributed by atoms with Gasteiger partial charge in [-0.3, -0.25) is 0 Å². The van der Waals surface area contributed by atoms with Crippen LogP contribution in [0.4, 0.5) is 0 Å². The molecule has 0 saturated heterocycles. The summed E-state index contributed by atoms with van der Waals surface area (Å²) < 4.78 is 0. The van der Waals surface area contributed by atoms with Gasteiger partial charge < -0.3 is 5.73 Å². The van der Waals surface area contributed by atoms with Crippen LogP contribution in [0.25, 0.3) is 11.1 Å². The van der Waals surface area contributed by atoms with Gasteiger partial charge in [0.25, 0.3) is 0 Å². The van der Waals surface area contributed by atoms with E-state index in [1.165, 1.54) is 5.56 Å². The molecule has 0 aliphatic carbocycles. The van der Waals surface area contributed by atoms with Crippen molar-refractivity contribution in [2.75, 3.05) is 6.54 Å². The Kier molecular flexibility index (Phi) is 4.06. The molecule has 0 saturated carbocycles. The van der Waals surface area contributed by atoms with Crippen molar-refractivity contribution in [2.24, 2.45) is 5.73 Å². The third kappa shape index (κ3) is 2.81. The zero-order valence-corrected chi connectivity index (χ0v) is 10.8. The highest BCUT2D eigenvalue weighted by atomic mass is 35.5. The van der Waals surface area contributed by atoms with Gasteiger partial charge in [-0.15, -0.1) is 0 Å². The summed E-state index contributed by atoms with van der Waals surface area (Å²) in [6.07, 6.45) is 0.857. The minimum Gasteiger partial charge on any atom is -0.330 e. The molecule has 0 bridgehead atoms. The molecule has 88 valence electrons. The van der Waals surface area contributed by atoms with Crippen LogP contribution in [-0.4, -0.2) is 6.54 Å². The molecular weight excluding hydrogens is 253 g/mol. The monoisotopic (exact) mass is 265 g/mol. The van der Waals surface area contributed by atoms with Crippen molar-refractivity contribution in [1.82, 2.24) is 0 Å². The van der Waals surface area contributed by atoms with Gasteiger partial charge in [-0.25, -0.2) is 0 Å². The van der Waals surface area contributed by atoms with Crippen LogP contribution in [0.5, 0.6) is 0 Å². The van der Waals surface area contributed by atoms with E-state index in [1.807, 2.05) is 30.3 Å². The number of benzene rings is 2. The van der Waals surface area contributed by atoms with E-state index in [1.54, 1.807) is 0 Å². The van der Waals surface area contributed by atoms with Gasteiger partial charge >= 0.3 is 0 Å². The van der Waals surface area contributed by atoms with Crippen molar-refractivity contribution in [1.29, 1.82) is 0 Å². The predicted molar refractivity (Wildman–Crippen MR) is 74.7 cm³/mol. The summed E-state index contributed by atoms with van der Waals surface area (Å²) in [5.41, 5.74) is 8.67. The van der Waals surface area contributed by atoms with E-state index >= 15 is 0 Å². The third-order valence-electron chi connectivity index (χ3n) is 2.61. The lowest BCUT2D eigenvalue weighted by atomic mass is 10.0. The lowest BCUT2D eigenvalue weighted by molar-refractivity contribution is 0.969. The second kappa shape index (κ2) is 5.54. The molecular formula is C14H13Cl2N. The summed E-state index contributed by atoms with van der Waals surface area (Å²) in [7, 11) is 0. The van der Waals surface area contributed by atoms with Crippen molar-refractivity contribution in [3.05, 3.63) is 58.1 Å². The Morgan fingerprint density at radius 3 is 2.24 bits per heavy atom. The van der Waals surface area contributed by atoms with Crippen LogP contribution in [0.15, 0.2) is 42.5 Å². The average molecular weight is 266 g/mol. The summed E-state index contributed by atoms with van der Waals surface area (Å²) in [4.78, 5) is 0. The van der Waals surface area contributed by atoms with Crippen LogP contribution in [0.1, 0.15) is 5.56 Å². The minimum atomic E-state index is 0.639. The third-order valence-corrected chi connectivity index (χ3v) is 3.24. The average Bonchev–Trinajstić information content (AvgIpc) is 2.30. The number of hydrogen-bond acceptors (Lipinski definition) is 1. The van der Waals surface area contributed by atoms with Gasteiger partial charge in [-0.05, 0) is 36.2 Å². The zero-order valence-electron chi connectivity index (χ0n) is 9.29. The Hall–Kier alpha value is -1.02. The van der Waals surface area contributed by atoms with E-state index in [9.17, 15) is 0 Å². The van der Waals surface area contributed by atoms with E-state index in [0.29, 0.717) is 16.6 Å². The van der Waals surface area contributed by atoms with Crippen LogP contribution >= 0.6 is 23.2 Å². The fraction of sp³-hybridized carbons (Fsp3) is 0.143. The van der Waals surface area contributed by atoms with Gasteiger partial charge in [0.15, 0.2) is 0 Å². The van der Waals surface area contributed by atoms with Crippen molar-refractivity contribution in [3.63, 3.8) is 0 Å². The maximum Gasteiger partial charge on any atom is 0.0499 e. The van der Waals surface area contributed by atoms with Crippen LogP contribution < -0.4 is 5.73 Å². The smallest absolute Gasteiger partial charge is 0.0499 e. The standard InChI is InChI=1S/C14H13Cl2N/c15-12-5-2-6-13(16)14(12)11-4-1-3-10(9-11)7-8-17/h1-6,9H,7-8,17H2. The quantitative estimate of drug-likeness (QED) is 0.886. The fourth-order valence-corrected chi connectivity index (χ4v) is 2.44. The van der Waals surface area contributed by atoms with Crippen molar-refractivity contribution < 1.29 is 0 Å². The fourth-order valence-electron chi connectivity index (χ4n) is 1.82. The Balaban J connectivity index is 2.49. The molecule has 2 rings (SSSR count).